The molecule has 1 heterocycles. The summed E-state index contributed by atoms with van der Waals surface area (Å²) in [5, 5.41) is 5.93. The van der Waals surface area contributed by atoms with Crippen LogP contribution in [-0.2, 0) is 19.9 Å². The van der Waals surface area contributed by atoms with Crippen molar-refractivity contribution in [3.05, 3.63) is 51.3 Å². The van der Waals surface area contributed by atoms with Crippen LogP contribution in [0.5, 0.6) is 0 Å². The van der Waals surface area contributed by atoms with Crippen molar-refractivity contribution in [2.45, 2.75) is 25.7 Å². The maximum Gasteiger partial charge on any atom is 0.0849 e. The summed E-state index contributed by atoms with van der Waals surface area (Å²) in [6, 6.07) is 7.83. The monoisotopic (exact) mass is 311 g/mol. The minimum absolute atomic E-state index is 0.186. The average Bonchev–Trinajstić information content (AvgIpc) is 2.71. The molecule has 0 spiro atoms. The SMILES string of the molecule is CCc1nn(C)c(CC(CN)c2cccc(Cl)c2)c1Cl. The number of halogens is 2. The van der Waals surface area contributed by atoms with E-state index in [0.29, 0.717) is 6.54 Å². The summed E-state index contributed by atoms with van der Waals surface area (Å²) in [4.78, 5) is 0. The van der Waals surface area contributed by atoms with Gasteiger partial charge in [-0.1, -0.05) is 42.3 Å². The summed E-state index contributed by atoms with van der Waals surface area (Å²) in [6.07, 6.45) is 1.59. The molecule has 0 amide bonds. The molecule has 1 unspecified atom stereocenters. The lowest BCUT2D eigenvalue weighted by Gasteiger charge is -2.16. The minimum Gasteiger partial charge on any atom is -0.330 e. The molecule has 0 fully saturated rings. The van der Waals surface area contributed by atoms with E-state index < -0.39 is 0 Å². The van der Waals surface area contributed by atoms with Crippen LogP contribution in [0.15, 0.2) is 24.3 Å². The highest BCUT2D eigenvalue weighted by Crippen LogP contribution is 2.28. The molecule has 0 radical (unpaired) electrons. The third-order valence-electron chi connectivity index (χ3n) is 3.55. The highest BCUT2D eigenvalue weighted by Gasteiger charge is 2.18. The summed E-state index contributed by atoms with van der Waals surface area (Å²) in [5.41, 5.74) is 9.02. The van der Waals surface area contributed by atoms with Gasteiger partial charge in [0.05, 0.1) is 16.4 Å². The van der Waals surface area contributed by atoms with Crippen molar-refractivity contribution >= 4 is 23.2 Å². The summed E-state index contributed by atoms with van der Waals surface area (Å²) < 4.78 is 1.86. The van der Waals surface area contributed by atoms with Crippen molar-refractivity contribution in [3.8, 4) is 0 Å². The Balaban J connectivity index is 2.29. The van der Waals surface area contributed by atoms with Crippen LogP contribution in [0, 0.1) is 0 Å². The highest BCUT2D eigenvalue weighted by molar-refractivity contribution is 6.32. The molecule has 0 saturated carbocycles. The number of rotatable bonds is 5. The number of aromatic nitrogens is 2. The fourth-order valence-corrected chi connectivity index (χ4v) is 2.94. The Morgan fingerprint density at radius 2 is 2.10 bits per heavy atom. The lowest BCUT2D eigenvalue weighted by atomic mass is 9.94. The van der Waals surface area contributed by atoms with Gasteiger partial charge in [0.2, 0.25) is 0 Å². The van der Waals surface area contributed by atoms with Crippen molar-refractivity contribution in [2.24, 2.45) is 12.8 Å². The lowest BCUT2D eigenvalue weighted by Crippen LogP contribution is -2.16. The van der Waals surface area contributed by atoms with Gasteiger partial charge in [0.1, 0.15) is 0 Å². The maximum absolute atomic E-state index is 6.40. The van der Waals surface area contributed by atoms with Gasteiger partial charge >= 0.3 is 0 Å². The van der Waals surface area contributed by atoms with Gasteiger partial charge in [-0.3, -0.25) is 4.68 Å². The van der Waals surface area contributed by atoms with Crippen LogP contribution in [0.3, 0.4) is 0 Å². The second kappa shape index (κ2) is 6.61. The van der Waals surface area contributed by atoms with Crippen LogP contribution in [-0.4, -0.2) is 16.3 Å². The lowest BCUT2D eigenvalue weighted by molar-refractivity contribution is 0.628. The predicted octanol–water partition coefficient (Wildman–Crippen LogP) is 3.57. The van der Waals surface area contributed by atoms with E-state index in [-0.39, 0.29) is 5.92 Å². The Labute approximate surface area is 129 Å². The Morgan fingerprint density at radius 3 is 2.65 bits per heavy atom. The van der Waals surface area contributed by atoms with E-state index in [4.69, 9.17) is 28.9 Å². The predicted molar refractivity (Wildman–Crippen MR) is 84.5 cm³/mol. The summed E-state index contributed by atoms with van der Waals surface area (Å²) >= 11 is 12.5. The molecule has 1 aromatic heterocycles. The molecular weight excluding hydrogens is 293 g/mol. The zero-order valence-corrected chi connectivity index (χ0v) is 13.2. The van der Waals surface area contributed by atoms with Crippen LogP contribution >= 0.6 is 23.2 Å². The molecule has 108 valence electrons. The second-order valence-corrected chi connectivity index (χ2v) is 5.69. The Bertz CT molecular complexity index is 593. The van der Waals surface area contributed by atoms with Crippen molar-refractivity contribution < 1.29 is 0 Å². The molecule has 2 rings (SSSR count). The summed E-state index contributed by atoms with van der Waals surface area (Å²) in [5.74, 6) is 0.186. The maximum atomic E-state index is 6.40. The van der Waals surface area contributed by atoms with Gasteiger partial charge in [0, 0.05) is 18.0 Å². The first-order valence-electron chi connectivity index (χ1n) is 6.72. The van der Waals surface area contributed by atoms with Crippen molar-refractivity contribution in [1.29, 1.82) is 0 Å². The van der Waals surface area contributed by atoms with E-state index in [1.807, 2.05) is 29.9 Å². The van der Waals surface area contributed by atoms with E-state index in [9.17, 15) is 0 Å². The third-order valence-corrected chi connectivity index (χ3v) is 4.22. The molecule has 0 aliphatic carbocycles. The number of nitrogens with zero attached hydrogens (tertiary/aromatic N) is 2. The van der Waals surface area contributed by atoms with Crippen molar-refractivity contribution in [2.75, 3.05) is 6.54 Å². The van der Waals surface area contributed by atoms with Crippen molar-refractivity contribution in [3.63, 3.8) is 0 Å². The number of hydrogen-bond acceptors (Lipinski definition) is 2. The third kappa shape index (κ3) is 3.17. The van der Waals surface area contributed by atoms with E-state index in [1.165, 1.54) is 0 Å². The molecule has 3 nitrogen and oxygen atoms in total. The first kappa shape index (κ1) is 15.4. The van der Waals surface area contributed by atoms with Gasteiger partial charge in [-0.05, 0) is 37.1 Å². The molecule has 0 saturated heterocycles. The van der Waals surface area contributed by atoms with E-state index >= 15 is 0 Å². The average molecular weight is 312 g/mol. The van der Waals surface area contributed by atoms with Gasteiger partial charge < -0.3 is 5.73 Å². The number of aryl methyl sites for hydroxylation is 2. The second-order valence-electron chi connectivity index (χ2n) is 4.88. The fraction of sp³-hybridized carbons (Fsp3) is 0.400. The molecule has 1 atom stereocenters. The summed E-state index contributed by atoms with van der Waals surface area (Å²) in [7, 11) is 1.92. The van der Waals surface area contributed by atoms with Gasteiger partial charge in [-0.2, -0.15) is 5.10 Å². The van der Waals surface area contributed by atoms with E-state index in [0.717, 1.165) is 39.8 Å². The zero-order valence-electron chi connectivity index (χ0n) is 11.7. The quantitative estimate of drug-likeness (QED) is 0.917. The van der Waals surface area contributed by atoms with E-state index in [1.54, 1.807) is 0 Å². The topological polar surface area (TPSA) is 43.8 Å². The van der Waals surface area contributed by atoms with Gasteiger partial charge in [-0.15, -0.1) is 0 Å². The largest absolute Gasteiger partial charge is 0.330 e. The van der Waals surface area contributed by atoms with Crippen LogP contribution in [0.25, 0.3) is 0 Å². The molecule has 2 N–H and O–H groups in total. The van der Waals surface area contributed by atoms with Crippen molar-refractivity contribution in [1.82, 2.24) is 9.78 Å². The highest BCUT2D eigenvalue weighted by atomic mass is 35.5. The van der Waals surface area contributed by atoms with E-state index in [2.05, 4.69) is 18.1 Å². The molecule has 1 aromatic carbocycles. The molecule has 0 aliphatic rings. The first-order valence-corrected chi connectivity index (χ1v) is 7.48. The number of hydrogen-bond donors (Lipinski definition) is 1. The van der Waals surface area contributed by atoms with Gasteiger partial charge in [0.15, 0.2) is 0 Å². The van der Waals surface area contributed by atoms with Crippen LogP contribution in [0.4, 0.5) is 0 Å². The van der Waals surface area contributed by atoms with Crippen LogP contribution in [0.1, 0.15) is 29.8 Å². The molecular formula is C15H19Cl2N3. The van der Waals surface area contributed by atoms with Gasteiger partial charge in [0.25, 0.3) is 0 Å². The molecule has 2 aromatic rings. The molecule has 20 heavy (non-hydrogen) atoms. The Kier molecular flexibility index (Phi) is 5.08. The Morgan fingerprint density at radius 1 is 1.35 bits per heavy atom. The standard InChI is InChI=1S/C15H19Cl2N3/c1-3-13-15(17)14(20(2)19-13)8-11(9-18)10-5-4-6-12(16)7-10/h4-7,11H,3,8-9,18H2,1-2H3. The summed E-state index contributed by atoms with van der Waals surface area (Å²) in [6.45, 7) is 2.60. The Hall–Kier alpha value is -1.03. The molecule has 0 aliphatic heterocycles. The molecule has 0 bridgehead atoms. The van der Waals surface area contributed by atoms with Crippen LogP contribution < -0.4 is 5.73 Å². The smallest absolute Gasteiger partial charge is 0.0849 e. The zero-order chi connectivity index (χ0) is 14.7. The minimum atomic E-state index is 0.186. The van der Waals surface area contributed by atoms with Crippen LogP contribution in [0.2, 0.25) is 10.0 Å². The number of nitrogens with two attached hydrogens (primary N) is 1. The van der Waals surface area contributed by atoms with Gasteiger partial charge in [-0.25, -0.2) is 0 Å². The molecule has 5 heteroatoms. The first-order chi connectivity index (χ1) is 9.56. The normalized spacial score (nSPS) is 12.7. The fourth-order valence-electron chi connectivity index (χ4n) is 2.37. The number of benzene rings is 1.